The Kier molecular flexibility index (Phi) is 4.43. The van der Waals surface area contributed by atoms with Gasteiger partial charge in [-0.2, -0.15) is 0 Å². The molecular formula is C17H28N2O4. The zero-order chi connectivity index (χ0) is 16.6. The molecule has 6 nitrogen and oxygen atoms in total. The van der Waals surface area contributed by atoms with Crippen molar-refractivity contribution in [1.82, 2.24) is 9.80 Å². The zero-order valence-electron chi connectivity index (χ0n) is 14.4. The first-order valence-electron chi connectivity index (χ1n) is 8.80. The smallest absolute Gasteiger partial charge is 0.410 e. The van der Waals surface area contributed by atoms with Crippen molar-refractivity contribution in [3.63, 3.8) is 0 Å². The molecule has 0 spiro atoms. The van der Waals surface area contributed by atoms with Gasteiger partial charge in [-0.25, -0.2) is 9.59 Å². The number of fused-ring (bicyclic) bond motifs is 2. The van der Waals surface area contributed by atoms with E-state index in [1.807, 2.05) is 25.7 Å². The quantitative estimate of drug-likeness (QED) is 0.743. The second-order valence-electron chi connectivity index (χ2n) is 7.94. The predicted octanol–water partition coefficient (Wildman–Crippen LogP) is 3.15. The second-order valence-corrected chi connectivity index (χ2v) is 7.94. The van der Waals surface area contributed by atoms with Crippen molar-refractivity contribution in [2.45, 2.75) is 83.1 Å². The van der Waals surface area contributed by atoms with Crippen LogP contribution in [0, 0.1) is 0 Å². The highest BCUT2D eigenvalue weighted by Gasteiger charge is 2.42. The van der Waals surface area contributed by atoms with E-state index >= 15 is 0 Å². The number of hydrogen-bond donors (Lipinski definition) is 0. The van der Waals surface area contributed by atoms with Crippen molar-refractivity contribution in [1.29, 1.82) is 0 Å². The average Bonchev–Trinajstić information content (AvgIpc) is 3.00. The van der Waals surface area contributed by atoms with Crippen molar-refractivity contribution >= 4 is 12.2 Å². The molecule has 3 unspecified atom stereocenters. The Balaban J connectivity index is 1.50. The number of hydrogen-bond acceptors (Lipinski definition) is 4. The van der Waals surface area contributed by atoms with Crippen molar-refractivity contribution < 1.29 is 19.1 Å². The monoisotopic (exact) mass is 324 g/mol. The zero-order valence-corrected chi connectivity index (χ0v) is 14.4. The summed E-state index contributed by atoms with van der Waals surface area (Å²) >= 11 is 0. The largest absolute Gasteiger partial charge is 0.444 e. The fourth-order valence-electron chi connectivity index (χ4n) is 3.94. The van der Waals surface area contributed by atoms with E-state index in [1.165, 1.54) is 6.42 Å². The lowest BCUT2D eigenvalue weighted by atomic mass is 10.0. The van der Waals surface area contributed by atoms with Crippen LogP contribution in [0.3, 0.4) is 0 Å². The number of ether oxygens (including phenoxy) is 2. The minimum absolute atomic E-state index is 0.187. The van der Waals surface area contributed by atoms with Crippen LogP contribution >= 0.6 is 0 Å². The molecule has 0 aromatic carbocycles. The first-order chi connectivity index (χ1) is 10.8. The molecule has 3 fully saturated rings. The topological polar surface area (TPSA) is 59.1 Å². The summed E-state index contributed by atoms with van der Waals surface area (Å²) < 4.78 is 11.1. The van der Waals surface area contributed by atoms with Gasteiger partial charge in [0.2, 0.25) is 0 Å². The molecule has 0 radical (unpaired) electrons. The lowest BCUT2D eigenvalue weighted by Gasteiger charge is -2.34. The van der Waals surface area contributed by atoms with E-state index in [0.29, 0.717) is 31.6 Å². The highest BCUT2D eigenvalue weighted by atomic mass is 16.6. The molecule has 2 bridgehead atoms. The number of rotatable bonds is 1. The molecule has 6 heteroatoms. The number of amides is 2. The summed E-state index contributed by atoms with van der Waals surface area (Å²) in [4.78, 5) is 28.1. The van der Waals surface area contributed by atoms with Crippen molar-refractivity contribution in [3.05, 3.63) is 0 Å². The third-order valence-corrected chi connectivity index (χ3v) is 4.97. The molecule has 2 amide bonds. The fraction of sp³-hybridized carbons (Fsp3) is 0.882. The standard InChI is InChI=1S/C17H28N2O4/c1-17(2,3)23-15(20)18-10-9-14(11-18)22-16(21)19-12-5-4-6-13(19)8-7-12/h12-14H,4-11H2,1-3H3. The Labute approximate surface area is 138 Å². The Bertz CT molecular complexity index is 458. The maximum atomic E-state index is 12.5. The normalized spacial score (nSPS) is 30.5. The number of nitrogens with zero attached hydrogens (tertiary/aromatic N) is 2. The summed E-state index contributed by atoms with van der Waals surface area (Å²) in [5, 5.41) is 0. The van der Waals surface area contributed by atoms with Gasteiger partial charge in [0, 0.05) is 25.0 Å². The maximum Gasteiger partial charge on any atom is 0.410 e. The van der Waals surface area contributed by atoms with Gasteiger partial charge in [0.25, 0.3) is 0 Å². The summed E-state index contributed by atoms with van der Waals surface area (Å²) in [5.41, 5.74) is -0.501. The van der Waals surface area contributed by atoms with Gasteiger partial charge in [0.1, 0.15) is 11.7 Å². The minimum atomic E-state index is -0.501. The van der Waals surface area contributed by atoms with Crippen LogP contribution in [0.25, 0.3) is 0 Å². The van der Waals surface area contributed by atoms with Gasteiger partial charge >= 0.3 is 12.2 Å². The third kappa shape index (κ3) is 3.72. The van der Waals surface area contributed by atoms with Gasteiger partial charge in [0.05, 0.1) is 6.54 Å². The SMILES string of the molecule is CC(C)(C)OC(=O)N1CCC(OC(=O)N2C3CCCC2CC3)C1. The van der Waals surface area contributed by atoms with Crippen LogP contribution in [0.2, 0.25) is 0 Å². The first kappa shape index (κ1) is 16.4. The fourth-order valence-corrected chi connectivity index (χ4v) is 3.94. The Morgan fingerprint density at radius 3 is 2.22 bits per heavy atom. The maximum absolute atomic E-state index is 12.5. The van der Waals surface area contributed by atoms with E-state index in [9.17, 15) is 9.59 Å². The molecule has 130 valence electrons. The summed E-state index contributed by atoms with van der Waals surface area (Å²) in [6.45, 7) is 6.57. The minimum Gasteiger partial charge on any atom is -0.444 e. The predicted molar refractivity (Wildman–Crippen MR) is 85.2 cm³/mol. The van der Waals surface area contributed by atoms with E-state index in [1.54, 1.807) is 4.90 Å². The molecule has 3 aliphatic heterocycles. The van der Waals surface area contributed by atoms with Crippen LogP contribution in [0.15, 0.2) is 0 Å². The van der Waals surface area contributed by atoms with Gasteiger partial charge in [-0.05, 0) is 52.9 Å². The summed E-state index contributed by atoms with van der Waals surface area (Å²) in [6.07, 6.45) is 5.59. The first-order valence-corrected chi connectivity index (χ1v) is 8.80. The Hall–Kier alpha value is -1.46. The highest BCUT2D eigenvalue weighted by molar-refractivity contribution is 5.70. The van der Waals surface area contributed by atoms with E-state index in [0.717, 1.165) is 25.7 Å². The summed E-state index contributed by atoms with van der Waals surface area (Å²) in [5.74, 6) is 0. The van der Waals surface area contributed by atoms with Gasteiger partial charge in [-0.1, -0.05) is 0 Å². The van der Waals surface area contributed by atoms with Gasteiger partial charge in [-0.15, -0.1) is 0 Å². The molecular weight excluding hydrogens is 296 g/mol. The van der Waals surface area contributed by atoms with Crippen molar-refractivity contribution in [2.24, 2.45) is 0 Å². The molecule has 0 N–H and O–H groups in total. The lowest BCUT2D eigenvalue weighted by molar-refractivity contribution is 0.0207. The average molecular weight is 324 g/mol. The third-order valence-electron chi connectivity index (χ3n) is 4.97. The van der Waals surface area contributed by atoms with E-state index < -0.39 is 5.60 Å². The molecule has 3 aliphatic rings. The molecule has 3 heterocycles. The summed E-state index contributed by atoms with van der Waals surface area (Å²) in [7, 11) is 0. The number of carbonyl (C=O) groups is 2. The molecule has 23 heavy (non-hydrogen) atoms. The molecule has 3 saturated heterocycles. The van der Waals surface area contributed by atoms with E-state index in [2.05, 4.69) is 0 Å². The highest BCUT2D eigenvalue weighted by Crippen LogP contribution is 2.36. The second kappa shape index (κ2) is 6.21. The molecule has 3 rings (SSSR count). The molecule has 0 aliphatic carbocycles. The number of piperidine rings is 1. The Morgan fingerprint density at radius 2 is 1.61 bits per heavy atom. The lowest BCUT2D eigenvalue weighted by Crippen LogP contribution is -2.45. The van der Waals surface area contributed by atoms with Crippen molar-refractivity contribution in [2.75, 3.05) is 13.1 Å². The number of carbonyl (C=O) groups excluding carboxylic acids is 2. The van der Waals surface area contributed by atoms with Crippen LogP contribution in [-0.4, -0.2) is 58.9 Å². The van der Waals surface area contributed by atoms with Crippen LogP contribution in [0.5, 0.6) is 0 Å². The Morgan fingerprint density at radius 1 is 0.957 bits per heavy atom. The molecule has 0 aromatic rings. The van der Waals surface area contributed by atoms with Crippen LogP contribution in [0.1, 0.15) is 59.3 Å². The van der Waals surface area contributed by atoms with Gasteiger partial charge in [-0.3, -0.25) is 0 Å². The van der Waals surface area contributed by atoms with E-state index in [-0.39, 0.29) is 18.3 Å². The van der Waals surface area contributed by atoms with Gasteiger partial charge < -0.3 is 19.3 Å². The number of likely N-dealkylation sites (tertiary alicyclic amines) is 1. The molecule has 0 saturated carbocycles. The van der Waals surface area contributed by atoms with Crippen LogP contribution < -0.4 is 0 Å². The van der Waals surface area contributed by atoms with E-state index in [4.69, 9.17) is 9.47 Å². The van der Waals surface area contributed by atoms with Crippen LogP contribution in [-0.2, 0) is 9.47 Å². The molecule has 3 atom stereocenters. The van der Waals surface area contributed by atoms with Crippen molar-refractivity contribution in [3.8, 4) is 0 Å². The van der Waals surface area contributed by atoms with Crippen LogP contribution in [0.4, 0.5) is 9.59 Å². The van der Waals surface area contributed by atoms with Gasteiger partial charge in [0.15, 0.2) is 0 Å². The molecule has 0 aromatic heterocycles. The summed E-state index contributed by atoms with van der Waals surface area (Å²) in [6, 6.07) is 0.731.